The third kappa shape index (κ3) is 4.86. The second-order valence-corrected chi connectivity index (χ2v) is 6.95. The van der Waals surface area contributed by atoms with Crippen LogP contribution < -0.4 is 10.1 Å². The SMILES string of the molecule is CC(=O)Oc1ccccc1CCNC(=O)c1nn(-c2ccccn2)nc1-c1ccccc1. The van der Waals surface area contributed by atoms with Crippen molar-refractivity contribution in [2.75, 3.05) is 6.54 Å². The van der Waals surface area contributed by atoms with Gasteiger partial charge in [-0.25, -0.2) is 4.98 Å². The van der Waals surface area contributed by atoms with E-state index in [9.17, 15) is 9.59 Å². The largest absolute Gasteiger partial charge is 0.426 e. The molecular weight excluding hydrogens is 406 g/mol. The van der Waals surface area contributed by atoms with Crippen molar-refractivity contribution in [1.82, 2.24) is 25.3 Å². The highest BCUT2D eigenvalue weighted by Gasteiger charge is 2.21. The van der Waals surface area contributed by atoms with E-state index in [2.05, 4.69) is 20.5 Å². The van der Waals surface area contributed by atoms with E-state index in [0.29, 0.717) is 30.2 Å². The van der Waals surface area contributed by atoms with E-state index in [1.54, 1.807) is 30.5 Å². The van der Waals surface area contributed by atoms with Gasteiger partial charge >= 0.3 is 5.97 Å². The van der Waals surface area contributed by atoms with Crippen LogP contribution in [0, 0.1) is 0 Å². The summed E-state index contributed by atoms with van der Waals surface area (Å²) < 4.78 is 5.23. The summed E-state index contributed by atoms with van der Waals surface area (Å²) in [5.41, 5.74) is 2.27. The fraction of sp³-hybridized carbons (Fsp3) is 0.125. The lowest BCUT2D eigenvalue weighted by Crippen LogP contribution is -2.27. The maximum Gasteiger partial charge on any atom is 0.308 e. The van der Waals surface area contributed by atoms with Gasteiger partial charge in [-0.1, -0.05) is 54.6 Å². The van der Waals surface area contributed by atoms with Crippen LogP contribution in [-0.4, -0.2) is 38.4 Å². The number of amides is 1. The number of aromatic nitrogens is 4. The number of carbonyl (C=O) groups is 2. The molecule has 1 N–H and O–H groups in total. The monoisotopic (exact) mass is 427 g/mol. The fourth-order valence-electron chi connectivity index (χ4n) is 3.18. The van der Waals surface area contributed by atoms with Gasteiger partial charge in [-0.15, -0.1) is 15.0 Å². The molecule has 0 atom stereocenters. The van der Waals surface area contributed by atoms with Crippen molar-refractivity contribution < 1.29 is 14.3 Å². The molecule has 4 rings (SSSR count). The highest BCUT2D eigenvalue weighted by Crippen LogP contribution is 2.21. The Morgan fingerprint density at radius 1 is 0.938 bits per heavy atom. The molecule has 4 aromatic rings. The average molecular weight is 427 g/mol. The summed E-state index contributed by atoms with van der Waals surface area (Å²) in [5, 5.41) is 11.8. The molecule has 0 unspecified atom stereocenters. The molecule has 32 heavy (non-hydrogen) atoms. The van der Waals surface area contributed by atoms with E-state index in [4.69, 9.17) is 4.74 Å². The smallest absolute Gasteiger partial charge is 0.308 e. The maximum absolute atomic E-state index is 13.0. The molecule has 0 fully saturated rings. The minimum Gasteiger partial charge on any atom is -0.426 e. The summed E-state index contributed by atoms with van der Waals surface area (Å²) in [6.07, 6.45) is 2.13. The molecule has 0 spiro atoms. The molecule has 0 bridgehead atoms. The van der Waals surface area contributed by atoms with Crippen molar-refractivity contribution in [3.05, 3.63) is 90.3 Å². The highest BCUT2D eigenvalue weighted by atomic mass is 16.5. The van der Waals surface area contributed by atoms with Gasteiger partial charge in [-0.2, -0.15) is 0 Å². The van der Waals surface area contributed by atoms with Gasteiger partial charge in [0.15, 0.2) is 11.5 Å². The highest BCUT2D eigenvalue weighted by molar-refractivity contribution is 5.97. The molecule has 0 aliphatic carbocycles. The van der Waals surface area contributed by atoms with Crippen LogP contribution in [0.2, 0.25) is 0 Å². The number of hydrogen-bond acceptors (Lipinski definition) is 6. The Balaban J connectivity index is 1.55. The van der Waals surface area contributed by atoms with Crippen molar-refractivity contribution in [1.29, 1.82) is 0 Å². The van der Waals surface area contributed by atoms with E-state index >= 15 is 0 Å². The second kappa shape index (κ2) is 9.65. The van der Waals surface area contributed by atoms with Crippen LogP contribution in [0.4, 0.5) is 0 Å². The zero-order valence-electron chi connectivity index (χ0n) is 17.4. The predicted molar refractivity (Wildman–Crippen MR) is 118 cm³/mol. The molecule has 1 amide bonds. The van der Waals surface area contributed by atoms with Crippen molar-refractivity contribution in [2.24, 2.45) is 0 Å². The molecule has 0 aliphatic heterocycles. The lowest BCUT2D eigenvalue weighted by molar-refractivity contribution is -0.131. The van der Waals surface area contributed by atoms with E-state index in [0.717, 1.165) is 11.1 Å². The Morgan fingerprint density at radius 2 is 1.69 bits per heavy atom. The number of carbonyl (C=O) groups excluding carboxylic acids is 2. The van der Waals surface area contributed by atoms with E-state index in [1.807, 2.05) is 48.5 Å². The van der Waals surface area contributed by atoms with Crippen LogP contribution in [0.1, 0.15) is 23.0 Å². The van der Waals surface area contributed by atoms with Gasteiger partial charge in [-0.05, 0) is 30.2 Å². The van der Waals surface area contributed by atoms with Crippen molar-refractivity contribution in [3.63, 3.8) is 0 Å². The van der Waals surface area contributed by atoms with Crippen molar-refractivity contribution in [3.8, 4) is 22.8 Å². The van der Waals surface area contributed by atoms with E-state index < -0.39 is 0 Å². The van der Waals surface area contributed by atoms with Crippen LogP contribution in [0.3, 0.4) is 0 Å². The zero-order valence-corrected chi connectivity index (χ0v) is 17.4. The average Bonchev–Trinajstić information content (AvgIpc) is 3.27. The summed E-state index contributed by atoms with van der Waals surface area (Å²) in [4.78, 5) is 29.9. The Labute approximate surface area is 184 Å². The van der Waals surface area contributed by atoms with Crippen molar-refractivity contribution in [2.45, 2.75) is 13.3 Å². The first kappa shape index (κ1) is 20.9. The van der Waals surface area contributed by atoms with Gasteiger partial charge in [0.05, 0.1) is 0 Å². The summed E-state index contributed by atoms with van der Waals surface area (Å²) in [5.74, 6) is 0.260. The summed E-state index contributed by atoms with van der Waals surface area (Å²) in [6.45, 7) is 1.69. The number of esters is 1. The van der Waals surface area contributed by atoms with Gasteiger partial charge in [0.2, 0.25) is 0 Å². The second-order valence-electron chi connectivity index (χ2n) is 6.95. The molecule has 2 aromatic heterocycles. The summed E-state index contributed by atoms with van der Waals surface area (Å²) in [7, 11) is 0. The Bertz CT molecular complexity index is 1220. The number of ether oxygens (including phenoxy) is 1. The number of pyridine rings is 1. The molecule has 2 heterocycles. The first-order valence-electron chi connectivity index (χ1n) is 10.1. The number of nitrogens with zero attached hydrogens (tertiary/aromatic N) is 4. The quantitative estimate of drug-likeness (QED) is 0.359. The van der Waals surface area contributed by atoms with Crippen LogP contribution in [0.15, 0.2) is 79.0 Å². The standard InChI is InChI=1S/C24H21N5O3/c1-17(30)32-20-12-6-5-9-18(20)14-16-26-24(31)23-22(19-10-3-2-4-11-19)27-29(28-23)21-13-7-8-15-25-21/h2-13,15H,14,16H2,1H3,(H,26,31). The third-order valence-corrected chi connectivity index (χ3v) is 4.64. The molecule has 0 aliphatic rings. The summed E-state index contributed by atoms with van der Waals surface area (Å²) in [6, 6.07) is 22.0. The molecule has 0 radical (unpaired) electrons. The zero-order chi connectivity index (χ0) is 22.3. The normalized spacial score (nSPS) is 10.5. The third-order valence-electron chi connectivity index (χ3n) is 4.64. The van der Waals surface area contributed by atoms with Gasteiger partial charge in [0.25, 0.3) is 5.91 Å². The molecule has 160 valence electrons. The van der Waals surface area contributed by atoms with Gasteiger partial charge in [0.1, 0.15) is 11.4 Å². The first-order valence-corrected chi connectivity index (χ1v) is 10.1. The van der Waals surface area contributed by atoms with Crippen LogP contribution in [0.25, 0.3) is 17.1 Å². The van der Waals surface area contributed by atoms with Gasteiger partial charge in [0, 0.05) is 25.2 Å². The summed E-state index contributed by atoms with van der Waals surface area (Å²) >= 11 is 0. The number of para-hydroxylation sites is 1. The number of nitrogens with one attached hydrogen (secondary N) is 1. The first-order chi connectivity index (χ1) is 15.6. The topological polar surface area (TPSA) is 99.0 Å². The lowest BCUT2D eigenvalue weighted by Gasteiger charge is -2.09. The predicted octanol–water partition coefficient (Wildman–Crippen LogP) is 3.23. The van der Waals surface area contributed by atoms with Crippen molar-refractivity contribution >= 4 is 11.9 Å². The molecule has 2 aromatic carbocycles. The number of hydrogen-bond donors (Lipinski definition) is 1. The lowest BCUT2D eigenvalue weighted by atomic mass is 10.1. The van der Waals surface area contributed by atoms with Gasteiger partial charge in [-0.3, -0.25) is 9.59 Å². The van der Waals surface area contributed by atoms with E-state index in [-0.39, 0.29) is 17.6 Å². The van der Waals surface area contributed by atoms with Gasteiger partial charge < -0.3 is 10.1 Å². The number of benzene rings is 2. The van der Waals surface area contributed by atoms with Crippen LogP contribution >= 0.6 is 0 Å². The Morgan fingerprint density at radius 3 is 2.44 bits per heavy atom. The maximum atomic E-state index is 13.0. The minimum absolute atomic E-state index is 0.204. The Kier molecular flexibility index (Phi) is 6.31. The molecule has 0 saturated carbocycles. The molecule has 8 heteroatoms. The molecule has 0 saturated heterocycles. The van der Waals surface area contributed by atoms with E-state index in [1.165, 1.54) is 11.7 Å². The molecular formula is C24H21N5O3. The Hall–Kier alpha value is -4.33. The van der Waals surface area contributed by atoms with Crippen LogP contribution in [0.5, 0.6) is 5.75 Å². The van der Waals surface area contributed by atoms with Crippen LogP contribution in [-0.2, 0) is 11.2 Å². The fourth-order valence-corrected chi connectivity index (χ4v) is 3.18. The number of rotatable bonds is 7. The molecule has 8 nitrogen and oxygen atoms in total. The minimum atomic E-state index is -0.389.